The lowest BCUT2D eigenvalue weighted by Gasteiger charge is -2.16. The number of rotatable bonds is 3. The normalized spacial score (nSPS) is 32.8. The third kappa shape index (κ3) is 2.96. The number of amides is 1. The van der Waals surface area contributed by atoms with E-state index in [0.29, 0.717) is 26.1 Å². The van der Waals surface area contributed by atoms with Gasteiger partial charge in [-0.2, -0.15) is 5.06 Å². The third-order valence-electron chi connectivity index (χ3n) is 3.08. The van der Waals surface area contributed by atoms with Gasteiger partial charge in [0.15, 0.2) is 0 Å². The van der Waals surface area contributed by atoms with Crippen LogP contribution in [0, 0.1) is 5.92 Å². The van der Waals surface area contributed by atoms with Crippen molar-refractivity contribution in [1.82, 2.24) is 10.4 Å². The van der Waals surface area contributed by atoms with E-state index in [9.17, 15) is 9.90 Å². The molecule has 0 spiro atoms. The van der Waals surface area contributed by atoms with Gasteiger partial charge < -0.3 is 15.2 Å². The van der Waals surface area contributed by atoms with Crippen molar-refractivity contribution in [3.63, 3.8) is 0 Å². The number of aliphatic hydroxyl groups excluding tert-OH is 1. The lowest BCUT2D eigenvalue weighted by atomic mass is 9.99. The number of nitrogens with zero attached hydrogens (tertiary/aromatic N) is 1. The smallest absolute Gasteiger partial charge is 0.434 e. The van der Waals surface area contributed by atoms with Crippen molar-refractivity contribution in [2.45, 2.75) is 18.6 Å². The summed E-state index contributed by atoms with van der Waals surface area (Å²) in [5, 5.41) is 13.9. The van der Waals surface area contributed by atoms with Crippen molar-refractivity contribution in [3.05, 3.63) is 12.7 Å². The Kier molecular flexibility index (Phi) is 3.98. The standard InChI is InChI=1S/C11H18N2O4/c1-2-3-16-11(15)13-6-8(7-17-13)10-4-9(14)5-12-10/h2,8-10,12,14H,1,3-7H2/t8-,9+,10-/m0/s1. The summed E-state index contributed by atoms with van der Waals surface area (Å²) in [6.07, 6.45) is 1.46. The number of nitrogens with one attached hydrogen (secondary N) is 1. The van der Waals surface area contributed by atoms with E-state index in [0.717, 1.165) is 0 Å². The zero-order chi connectivity index (χ0) is 12.3. The maximum absolute atomic E-state index is 11.5. The number of aliphatic hydroxyl groups is 1. The van der Waals surface area contributed by atoms with Gasteiger partial charge in [0.05, 0.1) is 19.3 Å². The lowest BCUT2D eigenvalue weighted by Crippen LogP contribution is -2.35. The minimum atomic E-state index is -0.481. The highest BCUT2D eigenvalue weighted by Gasteiger charge is 2.37. The second kappa shape index (κ2) is 5.48. The van der Waals surface area contributed by atoms with Crippen molar-refractivity contribution in [1.29, 1.82) is 0 Å². The van der Waals surface area contributed by atoms with Crippen molar-refractivity contribution in [2.24, 2.45) is 5.92 Å². The van der Waals surface area contributed by atoms with Gasteiger partial charge in [-0.3, -0.25) is 4.84 Å². The van der Waals surface area contributed by atoms with Crippen LogP contribution in [0.5, 0.6) is 0 Å². The molecule has 0 bridgehead atoms. The molecule has 6 nitrogen and oxygen atoms in total. The molecule has 1 amide bonds. The van der Waals surface area contributed by atoms with Crippen molar-refractivity contribution < 1.29 is 19.5 Å². The van der Waals surface area contributed by atoms with Crippen LogP contribution in [0.2, 0.25) is 0 Å². The Bertz CT molecular complexity index is 297. The molecule has 2 fully saturated rings. The molecule has 0 aromatic rings. The fraction of sp³-hybridized carbons (Fsp3) is 0.727. The van der Waals surface area contributed by atoms with Gasteiger partial charge in [0.2, 0.25) is 0 Å². The van der Waals surface area contributed by atoms with E-state index < -0.39 is 6.09 Å². The van der Waals surface area contributed by atoms with E-state index in [1.807, 2.05) is 0 Å². The second-order valence-corrected chi connectivity index (χ2v) is 4.39. The fourth-order valence-corrected chi connectivity index (χ4v) is 2.18. The first kappa shape index (κ1) is 12.3. The fourth-order valence-electron chi connectivity index (χ4n) is 2.18. The number of hydrogen-bond acceptors (Lipinski definition) is 5. The maximum Gasteiger partial charge on any atom is 0.434 e. The van der Waals surface area contributed by atoms with Crippen LogP contribution in [0.15, 0.2) is 12.7 Å². The predicted molar refractivity (Wildman–Crippen MR) is 60.1 cm³/mol. The zero-order valence-corrected chi connectivity index (χ0v) is 9.67. The first-order valence-corrected chi connectivity index (χ1v) is 5.80. The van der Waals surface area contributed by atoms with E-state index in [1.165, 1.54) is 11.1 Å². The summed E-state index contributed by atoms with van der Waals surface area (Å²) in [5.74, 6) is 0.212. The third-order valence-corrected chi connectivity index (χ3v) is 3.08. The van der Waals surface area contributed by atoms with E-state index in [-0.39, 0.29) is 24.7 Å². The number of ether oxygens (including phenoxy) is 1. The quantitative estimate of drug-likeness (QED) is 0.676. The van der Waals surface area contributed by atoms with Crippen molar-refractivity contribution >= 4 is 6.09 Å². The Morgan fingerprint density at radius 3 is 3.18 bits per heavy atom. The van der Waals surface area contributed by atoms with Crippen LogP contribution < -0.4 is 5.32 Å². The maximum atomic E-state index is 11.5. The monoisotopic (exact) mass is 242 g/mol. The van der Waals surface area contributed by atoms with Crippen LogP contribution in [-0.2, 0) is 9.57 Å². The molecule has 2 N–H and O–H groups in total. The molecule has 2 aliphatic rings. The van der Waals surface area contributed by atoms with Crippen LogP contribution in [0.4, 0.5) is 4.79 Å². The molecule has 0 aromatic heterocycles. The molecular weight excluding hydrogens is 224 g/mol. The number of carbonyl (C=O) groups is 1. The molecule has 17 heavy (non-hydrogen) atoms. The van der Waals surface area contributed by atoms with E-state index in [1.54, 1.807) is 0 Å². The summed E-state index contributed by atoms with van der Waals surface area (Å²) in [6.45, 7) is 5.25. The summed E-state index contributed by atoms with van der Waals surface area (Å²) in [5.41, 5.74) is 0. The van der Waals surface area contributed by atoms with Crippen LogP contribution in [-0.4, -0.2) is 54.7 Å². The van der Waals surface area contributed by atoms with E-state index in [2.05, 4.69) is 11.9 Å². The van der Waals surface area contributed by atoms with E-state index >= 15 is 0 Å². The number of hydrogen-bond donors (Lipinski definition) is 2. The van der Waals surface area contributed by atoms with Gasteiger partial charge in [-0.05, 0) is 6.42 Å². The summed E-state index contributed by atoms with van der Waals surface area (Å²) in [6, 6.07) is 0.210. The van der Waals surface area contributed by atoms with Crippen LogP contribution >= 0.6 is 0 Å². The van der Waals surface area contributed by atoms with E-state index in [4.69, 9.17) is 9.57 Å². The molecule has 0 unspecified atom stereocenters. The van der Waals surface area contributed by atoms with Gasteiger partial charge in [-0.15, -0.1) is 0 Å². The minimum Gasteiger partial charge on any atom is -0.444 e. The Balaban J connectivity index is 1.79. The first-order chi connectivity index (χ1) is 8.20. The largest absolute Gasteiger partial charge is 0.444 e. The molecule has 0 radical (unpaired) electrons. The first-order valence-electron chi connectivity index (χ1n) is 5.80. The van der Waals surface area contributed by atoms with Gasteiger partial charge in [-0.25, -0.2) is 4.79 Å². The molecule has 2 rings (SSSR count). The van der Waals surface area contributed by atoms with Crippen LogP contribution in [0.1, 0.15) is 6.42 Å². The van der Waals surface area contributed by atoms with Crippen molar-refractivity contribution in [3.8, 4) is 0 Å². The number of hydroxylamine groups is 2. The molecule has 2 aliphatic heterocycles. The highest BCUT2D eigenvalue weighted by molar-refractivity contribution is 5.66. The lowest BCUT2D eigenvalue weighted by molar-refractivity contribution is -0.0900. The second-order valence-electron chi connectivity index (χ2n) is 4.39. The Labute approximate surface area is 100 Å². The Morgan fingerprint density at radius 2 is 2.53 bits per heavy atom. The van der Waals surface area contributed by atoms with Gasteiger partial charge in [-0.1, -0.05) is 12.7 Å². The molecule has 0 aromatic carbocycles. The topological polar surface area (TPSA) is 71.0 Å². The summed E-state index contributed by atoms with van der Waals surface area (Å²) in [4.78, 5) is 16.8. The predicted octanol–water partition coefficient (Wildman–Crippen LogP) is -0.105. The highest BCUT2D eigenvalue weighted by atomic mass is 16.7. The number of carbonyl (C=O) groups excluding carboxylic acids is 1. The molecule has 0 aliphatic carbocycles. The van der Waals surface area contributed by atoms with Gasteiger partial charge in [0.1, 0.15) is 6.61 Å². The molecular formula is C11H18N2O4. The SMILES string of the molecule is C=CCOC(=O)N1C[C@H]([C@@H]2C[C@@H](O)CN2)CO1. The molecule has 0 saturated carbocycles. The Morgan fingerprint density at radius 1 is 1.71 bits per heavy atom. The van der Waals surface area contributed by atoms with Crippen molar-refractivity contribution in [2.75, 3.05) is 26.3 Å². The zero-order valence-electron chi connectivity index (χ0n) is 9.67. The van der Waals surface area contributed by atoms with Gasteiger partial charge in [0, 0.05) is 18.5 Å². The Hall–Kier alpha value is -1.11. The molecule has 2 heterocycles. The summed E-state index contributed by atoms with van der Waals surface area (Å²) < 4.78 is 4.88. The van der Waals surface area contributed by atoms with Gasteiger partial charge >= 0.3 is 6.09 Å². The minimum absolute atomic E-state index is 0.184. The molecule has 2 saturated heterocycles. The summed E-state index contributed by atoms with van der Waals surface area (Å²) >= 11 is 0. The molecule has 96 valence electrons. The molecule has 3 atom stereocenters. The van der Waals surface area contributed by atoms with Crippen LogP contribution in [0.3, 0.4) is 0 Å². The van der Waals surface area contributed by atoms with Crippen LogP contribution in [0.25, 0.3) is 0 Å². The number of β-amino-alcohol motifs (C(OH)–C–C–N with tert-alkyl or cyclic N) is 1. The van der Waals surface area contributed by atoms with Gasteiger partial charge in [0.25, 0.3) is 0 Å². The highest BCUT2D eigenvalue weighted by Crippen LogP contribution is 2.22. The average Bonchev–Trinajstić information content (AvgIpc) is 2.93. The summed E-state index contributed by atoms with van der Waals surface area (Å²) in [7, 11) is 0. The average molecular weight is 242 g/mol. The molecule has 6 heteroatoms.